The lowest BCUT2D eigenvalue weighted by atomic mass is 10.0. The molecule has 0 aliphatic rings. The second kappa shape index (κ2) is 7.36. The number of ether oxygens (including phenoxy) is 1. The highest BCUT2D eigenvalue weighted by Crippen LogP contribution is 2.18. The Bertz CT molecular complexity index is 604. The number of para-hydroxylation sites is 2. The average Bonchev–Trinajstić information content (AvgIpc) is 2.77. The number of Topliss-reactive ketones (excluding diaryl/α,β-unsaturated/α-hetero) is 1. The van der Waals surface area contributed by atoms with Gasteiger partial charge in [-0.1, -0.05) is 26.0 Å². The molecule has 0 aliphatic heterocycles. The monoisotopic (exact) mass is 288 g/mol. The van der Waals surface area contributed by atoms with Crippen molar-refractivity contribution in [2.24, 2.45) is 5.92 Å². The van der Waals surface area contributed by atoms with Gasteiger partial charge in [0.15, 0.2) is 0 Å². The molecule has 4 heteroatoms. The molecular formula is C17H24N2O2. The van der Waals surface area contributed by atoms with Gasteiger partial charge < -0.3 is 9.30 Å². The summed E-state index contributed by atoms with van der Waals surface area (Å²) in [5.41, 5.74) is 2.09. The minimum Gasteiger partial charge on any atom is -0.384 e. The Labute approximate surface area is 126 Å². The van der Waals surface area contributed by atoms with Crippen LogP contribution < -0.4 is 0 Å². The van der Waals surface area contributed by atoms with E-state index < -0.39 is 0 Å². The first-order chi connectivity index (χ1) is 10.2. The van der Waals surface area contributed by atoms with Crippen molar-refractivity contribution in [3.63, 3.8) is 0 Å². The van der Waals surface area contributed by atoms with Crippen molar-refractivity contribution < 1.29 is 9.53 Å². The second-order valence-corrected chi connectivity index (χ2v) is 5.65. The lowest BCUT2D eigenvalue weighted by Gasteiger charge is -2.10. The van der Waals surface area contributed by atoms with Crippen LogP contribution >= 0.6 is 0 Å². The minimum absolute atomic E-state index is 0.229. The topological polar surface area (TPSA) is 44.1 Å². The summed E-state index contributed by atoms with van der Waals surface area (Å²) >= 11 is 0. The highest BCUT2D eigenvalue weighted by molar-refractivity contribution is 5.82. The van der Waals surface area contributed by atoms with Crippen molar-refractivity contribution >= 4 is 16.8 Å². The standard InChI is InChI=1S/C17H24N2O2/c1-4-9-19-16-8-6-5-7-15(16)18-17(19)11-14(20)10-13(2)12-21-3/h5-8,13H,4,9-12H2,1-3H3. The van der Waals surface area contributed by atoms with E-state index in [1.165, 1.54) is 0 Å². The van der Waals surface area contributed by atoms with Gasteiger partial charge in [-0.15, -0.1) is 0 Å². The molecule has 1 aromatic carbocycles. The summed E-state index contributed by atoms with van der Waals surface area (Å²) in [7, 11) is 1.67. The van der Waals surface area contributed by atoms with Crippen LogP contribution in [-0.4, -0.2) is 29.1 Å². The Hall–Kier alpha value is -1.68. The molecule has 1 aromatic heterocycles. The van der Waals surface area contributed by atoms with Crippen LogP contribution in [0.3, 0.4) is 0 Å². The predicted molar refractivity (Wildman–Crippen MR) is 84.4 cm³/mol. The van der Waals surface area contributed by atoms with Crippen molar-refractivity contribution in [3.8, 4) is 0 Å². The van der Waals surface area contributed by atoms with Crippen LogP contribution in [0.1, 0.15) is 32.5 Å². The third-order valence-electron chi connectivity index (χ3n) is 3.56. The van der Waals surface area contributed by atoms with Crippen LogP contribution in [0, 0.1) is 5.92 Å². The molecule has 1 atom stereocenters. The number of nitrogens with zero attached hydrogens (tertiary/aromatic N) is 2. The van der Waals surface area contributed by atoms with E-state index in [2.05, 4.69) is 22.5 Å². The van der Waals surface area contributed by atoms with Gasteiger partial charge in [0.1, 0.15) is 11.6 Å². The van der Waals surface area contributed by atoms with Gasteiger partial charge in [0.05, 0.1) is 17.5 Å². The number of carbonyl (C=O) groups is 1. The van der Waals surface area contributed by atoms with E-state index in [1.54, 1.807) is 7.11 Å². The van der Waals surface area contributed by atoms with Gasteiger partial charge in [0.25, 0.3) is 0 Å². The van der Waals surface area contributed by atoms with Gasteiger partial charge in [-0.25, -0.2) is 4.98 Å². The zero-order chi connectivity index (χ0) is 15.2. The lowest BCUT2D eigenvalue weighted by molar-refractivity contribution is -0.119. The van der Waals surface area contributed by atoms with Gasteiger partial charge >= 0.3 is 0 Å². The molecule has 2 aromatic rings. The summed E-state index contributed by atoms with van der Waals surface area (Å²) in [6.07, 6.45) is 1.98. The zero-order valence-corrected chi connectivity index (χ0v) is 13.1. The molecule has 0 N–H and O–H groups in total. The van der Waals surface area contributed by atoms with E-state index in [4.69, 9.17) is 4.74 Å². The van der Waals surface area contributed by atoms with Crippen molar-refractivity contribution in [2.45, 2.75) is 39.7 Å². The Morgan fingerprint density at radius 3 is 2.86 bits per heavy atom. The van der Waals surface area contributed by atoms with E-state index in [1.807, 2.05) is 25.1 Å². The third-order valence-corrected chi connectivity index (χ3v) is 3.56. The van der Waals surface area contributed by atoms with Crippen LogP contribution in [-0.2, 0) is 22.5 Å². The SMILES string of the molecule is CCCn1c(CC(=O)CC(C)COC)nc2ccccc21. The number of methoxy groups -OCH3 is 1. The van der Waals surface area contributed by atoms with Crippen LogP contribution in [0.15, 0.2) is 24.3 Å². The van der Waals surface area contributed by atoms with E-state index in [0.717, 1.165) is 29.8 Å². The number of benzene rings is 1. The van der Waals surface area contributed by atoms with Crippen molar-refractivity contribution in [2.75, 3.05) is 13.7 Å². The van der Waals surface area contributed by atoms with Gasteiger partial charge in [0, 0.05) is 26.7 Å². The summed E-state index contributed by atoms with van der Waals surface area (Å²) in [6.45, 7) is 5.70. The number of hydrogen-bond acceptors (Lipinski definition) is 3. The number of fused-ring (bicyclic) bond motifs is 1. The Balaban J connectivity index is 2.17. The van der Waals surface area contributed by atoms with Crippen molar-refractivity contribution in [3.05, 3.63) is 30.1 Å². The van der Waals surface area contributed by atoms with Gasteiger partial charge in [-0.3, -0.25) is 4.79 Å². The Morgan fingerprint density at radius 1 is 1.38 bits per heavy atom. The number of aryl methyl sites for hydroxylation is 1. The molecule has 1 heterocycles. The number of carbonyl (C=O) groups excluding carboxylic acids is 1. The first-order valence-corrected chi connectivity index (χ1v) is 7.60. The number of imidazole rings is 1. The molecule has 0 amide bonds. The van der Waals surface area contributed by atoms with Crippen molar-refractivity contribution in [1.29, 1.82) is 0 Å². The van der Waals surface area contributed by atoms with E-state index >= 15 is 0 Å². The molecule has 114 valence electrons. The normalized spacial score (nSPS) is 12.7. The number of ketones is 1. The molecule has 21 heavy (non-hydrogen) atoms. The Kier molecular flexibility index (Phi) is 5.51. The maximum atomic E-state index is 12.2. The summed E-state index contributed by atoms with van der Waals surface area (Å²) in [5.74, 6) is 1.37. The first-order valence-electron chi connectivity index (χ1n) is 7.60. The molecule has 4 nitrogen and oxygen atoms in total. The maximum Gasteiger partial charge on any atom is 0.140 e. The predicted octanol–water partition coefficient (Wildman–Crippen LogP) is 3.23. The van der Waals surface area contributed by atoms with Crippen LogP contribution in [0.25, 0.3) is 11.0 Å². The molecule has 0 aliphatic carbocycles. The fourth-order valence-corrected chi connectivity index (χ4v) is 2.71. The smallest absolute Gasteiger partial charge is 0.140 e. The fourth-order valence-electron chi connectivity index (χ4n) is 2.71. The molecule has 0 fully saturated rings. The molecule has 0 bridgehead atoms. The number of rotatable bonds is 8. The number of aromatic nitrogens is 2. The maximum absolute atomic E-state index is 12.2. The summed E-state index contributed by atoms with van der Waals surface area (Å²) in [5, 5.41) is 0. The van der Waals surface area contributed by atoms with Crippen LogP contribution in [0.2, 0.25) is 0 Å². The summed E-state index contributed by atoms with van der Waals surface area (Å²) in [6, 6.07) is 8.07. The molecule has 0 spiro atoms. The summed E-state index contributed by atoms with van der Waals surface area (Å²) < 4.78 is 7.27. The quantitative estimate of drug-likeness (QED) is 0.749. The summed E-state index contributed by atoms with van der Waals surface area (Å²) in [4.78, 5) is 16.9. The average molecular weight is 288 g/mol. The molecular weight excluding hydrogens is 264 g/mol. The van der Waals surface area contributed by atoms with E-state index in [9.17, 15) is 4.79 Å². The molecule has 1 unspecified atom stereocenters. The van der Waals surface area contributed by atoms with Gasteiger partial charge in [-0.2, -0.15) is 0 Å². The fraction of sp³-hybridized carbons (Fsp3) is 0.529. The minimum atomic E-state index is 0.229. The zero-order valence-electron chi connectivity index (χ0n) is 13.1. The van der Waals surface area contributed by atoms with Gasteiger partial charge in [-0.05, 0) is 24.5 Å². The van der Waals surface area contributed by atoms with E-state index in [-0.39, 0.29) is 11.7 Å². The first kappa shape index (κ1) is 15.7. The molecule has 0 saturated heterocycles. The largest absolute Gasteiger partial charge is 0.384 e. The van der Waals surface area contributed by atoms with Crippen LogP contribution in [0.5, 0.6) is 0 Å². The van der Waals surface area contributed by atoms with Gasteiger partial charge in [0.2, 0.25) is 0 Å². The lowest BCUT2D eigenvalue weighted by Crippen LogP contribution is -2.15. The molecule has 2 rings (SSSR count). The second-order valence-electron chi connectivity index (χ2n) is 5.65. The highest BCUT2D eigenvalue weighted by Gasteiger charge is 2.15. The molecule has 0 radical (unpaired) electrons. The van der Waals surface area contributed by atoms with Crippen molar-refractivity contribution in [1.82, 2.24) is 9.55 Å². The third kappa shape index (κ3) is 3.91. The number of hydrogen-bond donors (Lipinski definition) is 0. The van der Waals surface area contributed by atoms with Crippen LogP contribution in [0.4, 0.5) is 0 Å². The van der Waals surface area contributed by atoms with E-state index in [0.29, 0.717) is 19.4 Å². The Morgan fingerprint density at radius 2 is 2.14 bits per heavy atom. The highest BCUT2D eigenvalue weighted by atomic mass is 16.5. The molecule has 0 saturated carbocycles.